The van der Waals surface area contributed by atoms with Gasteiger partial charge in [-0.05, 0) is 36.5 Å². The molecule has 0 saturated carbocycles. The van der Waals surface area contributed by atoms with Crippen LogP contribution in [-0.4, -0.2) is 46.5 Å². The van der Waals surface area contributed by atoms with Gasteiger partial charge in [0.25, 0.3) is 5.89 Å². The van der Waals surface area contributed by atoms with Gasteiger partial charge in [-0.15, -0.1) is 10.2 Å². The van der Waals surface area contributed by atoms with Crippen LogP contribution in [0.2, 0.25) is 0 Å². The van der Waals surface area contributed by atoms with Crippen molar-refractivity contribution in [3.8, 4) is 11.5 Å². The van der Waals surface area contributed by atoms with Crippen molar-refractivity contribution in [1.29, 1.82) is 0 Å². The summed E-state index contributed by atoms with van der Waals surface area (Å²) < 4.78 is 50.6. The number of thiocarbonyl (C=S) groups is 1. The zero-order valence-electron chi connectivity index (χ0n) is 16.4. The topological polar surface area (TPSA) is 54.6 Å². The number of para-hydroxylation sites is 1. The molecule has 31 heavy (non-hydrogen) atoms. The summed E-state index contributed by atoms with van der Waals surface area (Å²) in [5.74, 6) is -1.49. The lowest BCUT2D eigenvalue weighted by Gasteiger charge is -2.36. The summed E-state index contributed by atoms with van der Waals surface area (Å²) in [6, 6.07) is 13.8. The molecule has 0 radical (unpaired) electrons. The Kier molecular flexibility index (Phi) is 6.47. The van der Waals surface area contributed by atoms with Gasteiger partial charge in [0.2, 0.25) is 5.89 Å². The van der Waals surface area contributed by atoms with Gasteiger partial charge in [-0.25, -0.2) is 4.39 Å². The number of halogens is 3. The van der Waals surface area contributed by atoms with Gasteiger partial charge in [-0.2, -0.15) is 8.78 Å². The normalized spacial score (nSPS) is 14.1. The van der Waals surface area contributed by atoms with Crippen molar-refractivity contribution in [2.45, 2.75) is 13.0 Å². The number of benzene rings is 2. The fourth-order valence-corrected chi connectivity index (χ4v) is 3.57. The molecule has 4 rings (SSSR count). The Balaban J connectivity index is 1.59. The van der Waals surface area contributed by atoms with Crippen LogP contribution in [0.15, 0.2) is 52.9 Å². The fraction of sp³-hybridized carbons (Fsp3) is 0.286. The third-order valence-electron chi connectivity index (χ3n) is 4.84. The first-order chi connectivity index (χ1) is 15.0. The predicted molar refractivity (Wildman–Crippen MR) is 112 cm³/mol. The molecule has 1 aromatic heterocycles. The van der Waals surface area contributed by atoms with Crippen molar-refractivity contribution in [1.82, 2.24) is 15.1 Å². The minimum Gasteiger partial charge on any atom is -0.415 e. The summed E-state index contributed by atoms with van der Waals surface area (Å²) in [6.07, 6.45) is -2.88. The number of nitrogens with zero attached hydrogens (tertiary/aromatic N) is 4. The summed E-state index contributed by atoms with van der Waals surface area (Å²) in [6.45, 7) is 2.67. The molecule has 0 spiro atoms. The largest absolute Gasteiger partial charge is 0.415 e. The average molecular weight is 448 g/mol. The Hall–Kier alpha value is -2.98. The van der Waals surface area contributed by atoms with Crippen LogP contribution in [0.4, 0.5) is 18.9 Å². The first-order valence-electron chi connectivity index (χ1n) is 9.62. The molecule has 1 aliphatic heterocycles. The Morgan fingerprint density at radius 1 is 1.10 bits per heavy atom. The van der Waals surface area contributed by atoms with Crippen LogP contribution in [0.1, 0.15) is 17.9 Å². The van der Waals surface area contributed by atoms with Crippen molar-refractivity contribution < 1.29 is 22.3 Å². The van der Waals surface area contributed by atoms with Crippen LogP contribution in [0, 0.1) is 5.82 Å². The van der Waals surface area contributed by atoms with E-state index in [0.717, 1.165) is 5.69 Å². The van der Waals surface area contributed by atoms with E-state index in [4.69, 9.17) is 21.4 Å². The molecule has 0 bridgehead atoms. The van der Waals surface area contributed by atoms with E-state index in [0.29, 0.717) is 37.0 Å². The number of rotatable bonds is 5. The molecule has 2 heterocycles. The van der Waals surface area contributed by atoms with E-state index in [2.05, 4.69) is 10.2 Å². The second-order valence-corrected chi connectivity index (χ2v) is 7.22. The van der Waals surface area contributed by atoms with Gasteiger partial charge in [0, 0.05) is 29.9 Å². The molecule has 0 amide bonds. The highest BCUT2D eigenvalue weighted by atomic mass is 32.1. The maximum absolute atomic E-state index is 14.9. The molecule has 0 N–H and O–H groups in total. The molecule has 0 aliphatic carbocycles. The van der Waals surface area contributed by atoms with Crippen molar-refractivity contribution in [2.24, 2.45) is 0 Å². The van der Waals surface area contributed by atoms with Crippen molar-refractivity contribution in [2.75, 3.05) is 31.2 Å². The van der Waals surface area contributed by atoms with E-state index in [-0.39, 0.29) is 18.0 Å². The van der Waals surface area contributed by atoms with E-state index in [1.807, 2.05) is 40.1 Å². The number of anilines is 1. The molecule has 1 fully saturated rings. The SMILES string of the molecule is Fc1cc(-c2nnc(C(F)F)o2)ccc1CN(C(=S)N1CCOCC1)c1ccccc1. The third-order valence-corrected chi connectivity index (χ3v) is 5.31. The zero-order chi connectivity index (χ0) is 21.8. The quantitative estimate of drug-likeness (QED) is 0.535. The standard InChI is InChI=1S/C21H19F3N4O2S/c22-17-12-14(19-25-26-20(30-19)18(23)24)6-7-15(17)13-28(16-4-2-1-3-5-16)21(31)27-8-10-29-11-9-27/h1-7,12,18H,8-11,13H2. The van der Waals surface area contributed by atoms with Crippen molar-refractivity contribution >= 4 is 23.0 Å². The summed E-state index contributed by atoms with van der Waals surface area (Å²) in [4.78, 5) is 3.89. The molecule has 1 saturated heterocycles. The second kappa shape index (κ2) is 9.44. The van der Waals surface area contributed by atoms with Gasteiger partial charge in [-0.3, -0.25) is 0 Å². The molecule has 162 valence electrons. The van der Waals surface area contributed by atoms with E-state index in [1.54, 1.807) is 12.1 Å². The summed E-state index contributed by atoms with van der Waals surface area (Å²) in [7, 11) is 0. The van der Waals surface area contributed by atoms with Crippen molar-refractivity contribution in [3.63, 3.8) is 0 Å². The zero-order valence-corrected chi connectivity index (χ0v) is 17.2. The summed E-state index contributed by atoms with van der Waals surface area (Å²) in [5.41, 5.74) is 1.44. The number of ether oxygens (including phenoxy) is 1. The van der Waals surface area contributed by atoms with Gasteiger partial charge < -0.3 is 19.0 Å². The fourth-order valence-electron chi connectivity index (χ4n) is 3.22. The lowest BCUT2D eigenvalue weighted by Crippen LogP contribution is -2.48. The predicted octanol–water partition coefficient (Wildman–Crippen LogP) is 4.44. The molecule has 10 heteroatoms. The first kappa shape index (κ1) is 21.3. The van der Waals surface area contributed by atoms with Crippen LogP contribution in [0.25, 0.3) is 11.5 Å². The molecule has 1 aliphatic rings. The smallest absolute Gasteiger partial charge is 0.314 e. The monoisotopic (exact) mass is 448 g/mol. The van der Waals surface area contributed by atoms with Crippen LogP contribution >= 0.6 is 12.2 Å². The number of aromatic nitrogens is 2. The van der Waals surface area contributed by atoms with Crippen LogP contribution in [-0.2, 0) is 11.3 Å². The first-order valence-corrected chi connectivity index (χ1v) is 10.0. The second-order valence-electron chi connectivity index (χ2n) is 6.86. The van der Waals surface area contributed by atoms with Gasteiger partial charge in [0.05, 0.1) is 19.8 Å². The van der Waals surface area contributed by atoms with Crippen LogP contribution in [0.3, 0.4) is 0 Å². The number of alkyl halides is 2. The Morgan fingerprint density at radius 2 is 1.84 bits per heavy atom. The minimum absolute atomic E-state index is 0.162. The molecule has 0 unspecified atom stereocenters. The van der Waals surface area contributed by atoms with E-state index < -0.39 is 18.1 Å². The average Bonchev–Trinajstić information content (AvgIpc) is 3.30. The maximum Gasteiger partial charge on any atom is 0.314 e. The molecular formula is C21H19F3N4O2S. The number of hydrogen-bond acceptors (Lipinski definition) is 5. The molecule has 0 atom stereocenters. The molecular weight excluding hydrogens is 429 g/mol. The van der Waals surface area contributed by atoms with Gasteiger partial charge in [0.15, 0.2) is 5.11 Å². The summed E-state index contributed by atoms with van der Waals surface area (Å²) in [5, 5.41) is 7.42. The highest BCUT2D eigenvalue weighted by Crippen LogP contribution is 2.26. The third kappa shape index (κ3) is 4.86. The highest BCUT2D eigenvalue weighted by Gasteiger charge is 2.23. The van der Waals surface area contributed by atoms with Crippen molar-refractivity contribution in [3.05, 3.63) is 65.8 Å². The van der Waals surface area contributed by atoms with E-state index in [1.165, 1.54) is 6.07 Å². The summed E-state index contributed by atoms with van der Waals surface area (Å²) >= 11 is 5.72. The Bertz CT molecular complexity index is 1040. The maximum atomic E-state index is 14.9. The highest BCUT2D eigenvalue weighted by molar-refractivity contribution is 7.80. The number of hydrogen-bond donors (Lipinski definition) is 0. The van der Waals surface area contributed by atoms with Gasteiger partial charge in [0.1, 0.15) is 5.82 Å². The number of morpholine rings is 1. The molecule has 6 nitrogen and oxygen atoms in total. The van der Waals surface area contributed by atoms with E-state index >= 15 is 0 Å². The lowest BCUT2D eigenvalue weighted by molar-refractivity contribution is 0.0683. The Morgan fingerprint density at radius 3 is 2.48 bits per heavy atom. The molecule has 3 aromatic rings. The van der Waals surface area contributed by atoms with Gasteiger partial charge in [-0.1, -0.05) is 24.3 Å². The lowest BCUT2D eigenvalue weighted by atomic mass is 10.1. The molecule has 2 aromatic carbocycles. The minimum atomic E-state index is -2.88. The van der Waals surface area contributed by atoms with Crippen LogP contribution in [0.5, 0.6) is 0 Å². The van der Waals surface area contributed by atoms with Crippen LogP contribution < -0.4 is 4.90 Å². The van der Waals surface area contributed by atoms with Gasteiger partial charge >= 0.3 is 6.43 Å². The van der Waals surface area contributed by atoms with E-state index in [9.17, 15) is 13.2 Å². The Labute approximate surface area is 182 Å².